The van der Waals surface area contributed by atoms with Crippen molar-refractivity contribution < 1.29 is 0 Å². The van der Waals surface area contributed by atoms with Gasteiger partial charge in [-0.2, -0.15) is 0 Å². The molecule has 2 heterocycles. The third-order valence-corrected chi connectivity index (χ3v) is 4.64. The van der Waals surface area contributed by atoms with Gasteiger partial charge in [0, 0.05) is 12.1 Å². The van der Waals surface area contributed by atoms with Crippen LogP contribution in [0, 0.1) is 3.57 Å². The zero-order valence-corrected chi connectivity index (χ0v) is 12.7. The average Bonchev–Trinajstić information content (AvgIpc) is 2.96. The Hall–Kier alpha value is -1.24. The highest BCUT2D eigenvalue weighted by Crippen LogP contribution is 2.37. The molecule has 0 saturated heterocycles. The second kappa shape index (κ2) is 5.40. The summed E-state index contributed by atoms with van der Waals surface area (Å²) in [6.07, 6.45) is 6.72. The molecule has 0 unspecified atom stereocenters. The van der Waals surface area contributed by atoms with Crippen LogP contribution in [0.2, 0.25) is 0 Å². The molecule has 2 N–H and O–H groups in total. The SMILES string of the molecule is Nc1nc(-c2ccccn2)nc(C2CCCC2)c1I. The van der Waals surface area contributed by atoms with Gasteiger partial charge in [0.15, 0.2) is 5.82 Å². The fourth-order valence-corrected chi connectivity index (χ4v) is 3.24. The van der Waals surface area contributed by atoms with E-state index >= 15 is 0 Å². The van der Waals surface area contributed by atoms with Gasteiger partial charge < -0.3 is 5.73 Å². The lowest BCUT2D eigenvalue weighted by Gasteiger charge is -2.13. The molecule has 98 valence electrons. The van der Waals surface area contributed by atoms with Crippen molar-refractivity contribution in [2.24, 2.45) is 0 Å². The second-order valence-corrected chi connectivity index (χ2v) is 5.91. The molecule has 0 spiro atoms. The van der Waals surface area contributed by atoms with Gasteiger partial charge in [-0.25, -0.2) is 9.97 Å². The summed E-state index contributed by atoms with van der Waals surface area (Å²) in [6, 6.07) is 5.74. The quantitative estimate of drug-likeness (QED) is 0.828. The minimum absolute atomic E-state index is 0.527. The van der Waals surface area contributed by atoms with Crippen molar-refractivity contribution in [3.05, 3.63) is 33.7 Å². The van der Waals surface area contributed by atoms with Gasteiger partial charge in [0.1, 0.15) is 11.5 Å². The molecule has 0 bridgehead atoms. The molecule has 1 saturated carbocycles. The predicted molar refractivity (Wildman–Crippen MR) is 83.6 cm³/mol. The van der Waals surface area contributed by atoms with Crippen molar-refractivity contribution in [1.29, 1.82) is 0 Å². The lowest BCUT2D eigenvalue weighted by Crippen LogP contribution is -2.08. The van der Waals surface area contributed by atoms with Crippen LogP contribution in [0.5, 0.6) is 0 Å². The molecule has 1 aliphatic carbocycles. The van der Waals surface area contributed by atoms with Crippen LogP contribution in [0.1, 0.15) is 37.3 Å². The first-order valence-electron chi connectivity index (χ1n) is 6.50. The lowest BCUT2D eigenvalue weighted by molar-refractivity contribution is 0.691. The zero-order chi connectivity index (χ0) is 13.2. The number of nitrogen functional groups attached to an aromatic ring is 1. The van der Waals surface area contributed by atoms with Crippen molar-refractivity contribution in [3.63, 3.8) is 0 Å². The van der Waals surface area contributed by atoms with Crippen LogP contribution in [-0.2, 0) is 0 Å². The van der Waals surface area contributed by atoms with Crippen LogP contribution in [0.25, 0.3) is 11.5 Å². The molecule has 4 nitrogen and oxygen atoms in total. The van der Waals surface area contributed by atoms with Gasteiger partial charge in [-0.3, -0.25) is 4.98 Å². The molecule has 19 heavy (non-hydrogen) atoms. The number of hydrogen-bond acceptors (Lipinski definition) is 4. The predicted octanol–water partition coefficient (Wildman–Crippen LogP) is 3.38. The summed E-state index contributed by atoms with van der Waals surface area (Å²) in [4.78, 5) is 13.4. The Morgan fingerprint density at radius 2 is 1.95 bits per heavy atom. The molecule has 2 aromatic rings. The van der Waals surface area contributed by atoms with Gasteiger partial charge in [-0.1, -0.05) is 18.9 Å². The van der Waals surface area contributed by atoms with Crippen molar-refractivity contribution in [3.8, 4) is 11.5 Å². The molecule has 0 aromatic carbocycles. The van der Waals surface area contributed by atoms with Crippen LogP contribution >= 0.6 is 22.6 Å². The molecule has 5 heteroatoms. The van der Waals surface area contributed by atoms with Gasteiger partial charge in [0.2, 0.25) is 0 Å². The van der Waals surface area contributed by atoms with E-state index in [0.717, 1.165) is 15.0 Å². The summed E-state index contributed by atoms with van der Waals surface area (Å²) in [5.74, 6) is 1.73. The summed E-state index contributed by atoms with van der Waals surface area (Å²) in [6.45, 7) is 0. The minimum atomic E-state index is 0.527. The van der Waals surface area contributed by atoms with Crippen molar-refractivity contribution in [2.45, 2.75) is 31.6 Å². The third-order valence-electron chi connectivity index (χ3n) is 3.54. The van der Waals surface area contributed by atoms with Gasteiger partial charge in [-0.15, -0.1) is 0 Å². The van der Waals surface area contributed by atoms with E-state index in [1.165, 1.54) is 25.7 Å². The largest absolute Gasteiger partial charge is 0.383 e. The smallest absolute Gasteiger partial charge is 0.180 e. The van der Waals surface area contributed by atoms with E-state index in [9.17, 15) is 0 Å². The van der Waals surface area contributed by atoms with Gasteiger partial charge in [0.05, 0.1) is 9.26 Å². The Labute approximate surface area is 126 Å². The normalized spacial score (nSPS) is 15.8. The van der Waals surface area contributed by atoms with Crippen LogP contribution in [0.4, 0.5) is 5.82 Å². The number of hydrogen-bond donors (Lipinski definition) is 1. The van der Waals surface area contributed by atoms with Gasteiger partial charge in [-0.05, 0) is 47.6 Å². The zero-order valence-electron chi connectivity index (χ0n) is 10.5. The van der Waals surface area contributed by atoms with E-state index in [1.807, 2.05) is 18.2 Å². The van der Waals surface area contributed by atoms with E-state index in [0.29, 0.717) is 17.6 Å². The topological polar surface area (TPSA) is 64.7 Å². The fraction of sp³-hybridized carbons (Fsp3) is 0.357. The highest BCUT2D eigenvalue weighted by atomic mass is 127. The molecular formula is C14H15IN4. The van der Waals surface area contributed by atoms with Crippen molar-refractivity contribution in [1.82, 2.24) is 15.0 Å². The first-order valence-corrected chi connectivity index (χ1v) is 7.58. The van der Waals surface area contributed by atoms with Crippen molar-refractivity contribution >= 4 is 28.4 Å². The monoisotopic (exact) mass is 366 g/mol. The Morgan fingerprint density at radius 1 is 1.16 bits per heavy atom. The molecule has 0 atom stereocenters. The van der Waals surface area contributed by atoms with E-state index in [-0.39, 0.29) is 0 Å². The fourth-order valence-electron chi connectivity index (χ4n) is 2.56. The van der Waals surface area contributed by atoms with Crippen molar-refractivity contribution in [2.75, 3.05) is 5.73 Å². The lowest BCUT2D eigenvalue weighted by atomic mass is 10.0. The molecule has 0 amide bonds. The van der Waals surface area contributed by atoms with Crippen LogP contribution in [-0.4, -0.2) is 15.0 Å². The van der Waals surface area contributed by atoms with Crippen LogP contribution in [0.15, 0.2) is 24.4 Å². The minimum Gasteiger partial charge on any atom is -0.383 e. The Morgan fingerprint density at radius 3 is 2.63 bits per heavy atom. The molecule has 2 aromatic heterocycles. The molecule has 1 fully saturated rings. The summed E-state index contributed by atoms with van der Waals surface area (Å²) >= 11 is 2.26. The summed E-state index contributed by atoms with van der Waals surface area (Å²) < 4.78 is 1.00. The number of halogens is 1. The van der Waals surface area contributed by atoms with Gasteiger partial charge in [0.25, 0.3) is 0 Å². The molecule has 1 aliphatic rings. The van der Waals surface area contributed by atoms with E-state index in [2.05, 4.69) is 32.6 Å². The standard InChI is InChI=1S/C14H15IN4/c15-11-12(9-5-1-2-6-9)18-14(19-13(11)16)10-7-3-4-8-17-10/h3-4,7-9H,1-2,5-6H2,(H2,16,18,19). The summed E-state index contributed by atoms with van der Waals surface area (Å²) in [5.41, 5.74) is 7.93. The molecular weight excluding hydrogens is 351 g/mol. The maximum absolute atomic E-state index is 6.04. The summed E-state index contributed by atoms with van der Waals surface area (Å²) in [7, 11) is 0. The maximum Gasteiger partial charge on any atom is 0.180 e. The molecule has 0 radical (unpaired) electrons. The Bertz CT molecular complexity index is 579. The Balaban J connectivity index is 2.07. The van der Waals surface area contributed by atoms with E-state index in [1.54, 1.807) is 6.20 Å². The second-order valence-electron chi connectivity index (χ2n) is 4.83. The average molecular weight is 366 g/mol. The number of nitrogens with two attached hydrogens (primary N) is 1. The van der Waals surface area contributed by atoms with E-state index in [4.69, 9.17) is 10.7 Å². The number of aromatic nitrogens is 3. The highest BCUT2D eigenvalue weighted by molar-refractivity contribution is 14.1. The Kier molecular flexibility index (Phi) is 3.63. The molecule has 0 aliphatic heterocycles. The number of rotatable bonds is 2. The first-order chi connectivity index (χ1) is 9.25. The number of anilines is 1. The molecule has 3 rings (SSSR count). The number of pyridine rings is 1. The highest BCUT2D eigenvalue weighted by Gasteiger charge is 2.23. The first kappa shape index (κ1) is 12.8. The summed E-state index contributed by atoms with van der Waals surface area (Å²) in [5, 5.41) is 0. The maximum atomic E-state index is 6.04. The van der Waals surface area contributed by atoms with Crippen LogP contribution < -0.4 is 5.73 Å². The van der Waals surface area contributed by atoms with E-state index < -0.39 is 0 Å². The van der Waals surface area contributed by atoms with Gasteiger partial charge >= 0.3 is 0 Å². The third kappa shape index (κ3) is 2.56. The number of nitrogens with zero attached hydrogens (tertiary/aromatic N) is 3. The van der Waals surface area contributed by atoms with Crippen LogP contribution in [0.3, 0.4) is 0 Å².